The van der Waals surface area contributed by atoms with Crippen LogP contribution in [0, 0.1) is 0 Å². The van der Waals surface area contributed by atoms with E-state index in [0.29, 0.717) is 10.0 Å². The molecule has 1 heterocycles. The third kappa shape index (κ3) is 3.88. The number of halogens is 2. The average Bonchev–Trinajstić information content (AvgIpc) is 2.79. The van der Waals surface area contributed by atoms with Crippen molar-refractivity contribution in [2.45, 2.75) is 17.1 Å². The molecule has 0 bridgehead atoms. The molecule has 0 spiro atoms. The summed E-state index contributed by atoms with van der Waals surface area (Å²) in [5, 5.41) is 5.67. The van der Waals surface area contributed by atoms with Crippen LogP contribution < -0.4 is 10.6 Å². The number of amides is 2. The Morgan fingerprint density at radius 1 is 1.50 bits per heavy atom. The van der Waals surface area contributed by atoms with Gasteiger partial charge in [-0.15, -0.1) is 11.8 Å². The van der Waals surface area contributed by atoms with E-state index < -0.39 is 5.25 Å². The molecule has 1 aromatic carbocycles. The number of carbonyl (C=O) groups excluding carboxylic acids is 2. The van der Waals surface area contributed by atoms with Crippen LogP contribution in [-0.2, 0) is 9.59 Å². The Labute approximate surface area is 130 Å². The maximum Gasteiger partial charge on any atom is 0.248 e. The molecular weight excluding hydrogens is 321 g/mol. The molecule has 2 N–H and O–H groups in total. The molecule has 8 heteroatoms. The van der Waals surface area contributed by atoms with Crippen LogP contribution in [0.2, 0.25) is 10.0 Å². The van der Waals surface area contributed by atoms with E-state index in [4.69, 9.17) is 23.2 Å². The molecule has 2 rings (SSSR count). The zero-order chi connectivity index (χ0) is 14.7. The Morgan fingerprint density at radius 3 is 2.90 bits per heavy atom. The predicted molar refractivity (Wildman–Crippen MR) is 80.4 cm³/mol. The van der Waals surface area contributed by atoms with Gasteiger partial charge in [0.2, 0.25) is 17.8 Å². The van der Waals surface area contributed by atoms with Crippen molar-refractivity contribution in [2.75, 3.05) is 6.54 Å². The van der Waals surface area contributed by atoms with Gasteiger partial charge in [0.1, 0.15) is 6.54 Å². The fourth-order valence-electron chi connectivity index (χ4n) is 1.46. The van der Waals surface area contributed by atoms with Crippen LogP contribution >= 0.6 is 35.0 Å². The standard InChI is InChI=1S/C12H11Cl2N3O2S/c1-6(11(19)17-12-15-5-10(18)16-12)20-9-4-7(13)2-3-8(9)14/h2-4,6H,5H2,1H3,(H2,15,16,17,18,19)/t6-/m0/s1. The number of nitrogens with one attached hydrogen (secondary N) is 2. The molecule has 0 unspecified atom stereocenters. The number of carbonyl (C=O) groups is 2. The van der Waals surface area contributed by atoms with Crippen molar-refractivity contribution >= 4 is 52.7 Å². The van der Waals surface area contributed by atoms with Crippen LogP contribution in [0.1, 0.15) is 6.92 Å². The molecular formula is C12H11Cl2N3O2S. The maximum absolute atomic E-state index is 12.0. The van der Waals surface area contributed by atoms with Gasteiger partial charge in [-0.25, -0.2) is 4.99 Å². The normalized spacial score (nSPS) is 15.6. The first-order valence-electron chi connectivity index (χ1n) is 5.72. The van der Waals surface area contributed by atoms with E-state index in [1.807, 2.05) is 0 Å². The van der Waals surface area contributed by atoms with Crippen LogP contribution in [0.4, 0.5) is 0 Å². The summed E-state index contributed by atoms with van der Waals surface area (Å²) in [5.74, 6) is -0.324. The van der Waals surface area contributed by atoms with E-state index in [9.17, 15) is 9.59 Å². The first-order valence-corrected chi connectivity index (χ1v) is 7.36. The number of nitrogens with zero attached hydrogens (tertiary/aromatic N) is 1. The average molecular weight is 332 g/mol. The van der Waals surface area contributed by atoms with E-state index in [1.165, 1.54) is 11.8 Å². The second kappa shape index (κ2) is 6.47. The minimum atomic E-state index is -0.411. The maximum atomic E-state index is 12.0. The first kappa shape index (κ1) is 15.2. The van der Waals surface area contributed by atoms with Gasteiger partial charge in [0, 0.05) is 9.92 Å². The van der Waals surface area contributed by atoms with Crippen molar-refractivity contribution in [3.8, 4) is 0 Å². The molecule has 0 aromatic heterocycles. The highest BCUT2D eigenvalue weighted by molar-refractivity contribution is 8.00. The molecule has 0 saturated carbocycles. The summed E-state index contributed by atoms with van der Waals surface area (Å²) in [6.45, 7) is 1.77. The fourth-order valence-corrected chi connectivity index (χ4v) is 2.87. The van der Waals surface area contributed by atoms with Gasteiger partial charge in [0.25, 0.3) is 0 Å². The van der Waals surface area contributed by atoms with Crippen molar-refractivity contribution in [3.63, 3.8) is 0 Å². The van der Waals surface area contributed by atoms with Gasteiger partial charge in [0.15, 0.2) is 0 Å². The van der Waals surface area contributed by atoms with Gasteiger partial charge in [-0.2, -0.15) is 0 Å². The van der Waals surface area contributed by atoms with E-state index in [-0.39, 0.29) is 24.3 Å². The summed E-state index contributed by atoms with van der Waals surface area (Å²) < 4.78 is 0. The summed E-state index contributed by atoms with van der Waals surface area (Å²) in [6.07, 6.45) is 0. The van der Waals surface area contributed by atoms with Gasteiger partial charge in [-0.3, -0.25) is 20.2 Å². The Hall–Kier alpha value is -1.24. The molecule has 0 radical (unpaired) electrons. The SMILES string of the molecule is C[C@H](Sc1cc(Cl)ccc1Cl)C(=O)NC1=NCC(=O)N1. The number of hydrogen-bond donors (Lipinski definition) is 2. The zero-order valence-corrected chi connectivity index (χ0v) is 12.8. The molecule has 2 amide bonds. The highest BCUT2D eigenvalue weighted by atomic mass is 35.5. The highest BCUT2D eigenvalue weighted by Crippen LogP contribution is 2.32. The Morgan fingerprint density at radius 2 is 2.25 bits per heavy atom. The van der Waals surface area contributed by atoms with Gasteiger partial charge < -0.3 is 0 Å². The lowest BCUT2D eigenvalue weighted by Crippen LogP contribution is -2.43. The number of thioether (sulfide) groups is 1. The fraction of sp³-hybridized carbons (Fsp3) is 0.250. The number of hydrogen-bond acceptors (Lipinski definition) is 4. The molecule has 0 fully saturated rings. The minimum Gasteiger partial charge on any atom is -0.295 e. The monoisotopic (exact) mass is 331 g/mol. The van der Waals surface area contributed by atoms with Crippen molar-refractivity contribution in [1.82, 2.24) is 10.6 Å². The summed E-state index contributed by atoms with van der Waals surface area (Å²) in [5.41, 5.74) is 0. The molecule has 0 aliphatic carbocycles. The summed E-state index contributed by atoms with van der Waals surface area (Å²) in [7, 11) is 0. The van der Waals surface area contributed by atoms with Crippen LogP contribution in [0.15, 0.2) is 28.1 Å². The third-order valence-electron chi connectivity index (χ3n) is 2.45. The van der Waals surface area contributed by atoms with Crippen molar-refractivity contribution in [3.05, 3.63) is 28.2 Å². The van der Waals surface area contributed by atoms with Crippen LogP contribution in [0.3, 0.4) is 0 Å². The van der Waals surface area contributed by atoms with Crippen molar-refractivity contribution < 1.29 is 9.59 Å². The molecule has 20 heavy (non-hydrogen) atoms. The lowest BCUT2D eigenvalue weighted by molar-refractivity contribution is -0.118. The molecule has 1 aromatic rings. The quantitative estimate of drug-likeness (QED) is 0.833. The van der Waals surface area contributed by atoms with Crippen LogP contribution in [-0.4, -0.2) is 29.6 Å². The number of benzene rings is 1. The summed E-state index contributed by atoms with van der Waals surface area (Å²) in [6, 6.07) is 5.06. The molecule has 0 saturated heterocycles. The van der Waals surface area contributed by atoms with Gasteiger partial charge >= 0.3 is 0 Å². The zero-order valence-electron chi connectivity index (χ0n) is 10.4. The summed E-state index contributed by atoms with van der Waals surface area (Å²) in [4.78, 5) is 27.5. The Balaban J connectivity index is 1.97. The number of guanidine groups is 1. The third-order valence-corrected chi connectivity index (χ3v) is 4.28. The molecule has 5 nitrogen and oxygen atoms in total. The first-order chi connectivity index (χ1) is 9.45. The van der Waals surface area contributed by atoms with Gasteiger partial charge in [-0.05, 0) is 25.1 Å². The molecule has 1 aliphatic rings. The van der Waals surface area contributed by atoms with E-state index >= 15 is 0 Å². The van der Waals surface area contributed by atoms with E-state index in [1.54, 1.807) is 25.1 Å². The van der Waals surface area contributed by atoms with Crippen LogP contribution in [0.25, 0.3) is 0 Å². The lowest BCUT2D eigenvalue weighted by atomic mass is 10.4. The highest BCUT2D eigenvalue weighted by Gasteiger charge is 2.20. The summed E-state index contributed by atoms with van der Waals surface area (Å²) >= 11 is 13.2. The minimum absolute atomic E-state index is 0.0389. The van der Waals surface area contributed by atoms with E-state index in [0.717, 1.165) is 4.90 Å². The number of aliphatic imine (C=N–C) groups is 1. The molecule has 1 atom stereocenters. The Kier molecular flexibility index (Phi) is 4.91. The predicted octanol–water partition coefficient (Wildman–Crippen LogP) is 2.08. The largest absolute Gasteiger partial charge is 0.295 e. The topological polar surface area (TPSA) is 70.6 Å². The van der Waals surface area contributed by atoms with Gasteiger partial charge in [-0.1, -0.05) is 23.2 Å². The van der Waals surface area contributed by atoms with Crippen LogP contribution in [0.5, 0.6) is 0 Å². The second-order valence-electron chi connectivity index (χ2n) is 4.04. The van der Waals surface area contributed by atoms with E-state index in [2.05, 4.69) is 15.6 Å². The van der Waals surface area contributed by atoms with Gasteiger partial charge in [0.05, 0.1) is 10.3 Å². The lowest BCUT2D eigenvalue weighted by Gasteiger charge is -2.12. The second-order valence-corrected chi connectivity index (χ2v) is 6.26. The smallest absolute Gasteiger partial charge is 0.248 e. The molecule has 106 valence electrons. The van der Waals surface area contributed by atoms with Crippen molar-refractivity contribution in [1.29, 1.82) is 0 Å². The molecule has 1 aliphatic heterocycles. The Bertz CT molecular complexity index is 592. The number of rotatable bonds is 3. The van der Waals surface area contributed by atoms with Crippen molar-refractivity contribution in [2.24, 2.45) is 4.99 Å².